The third-order valence-electron chi connectivity index (χ3n) is 3.53. The van der Waals surface area contributed by atoms with Crippen molar-refractivity contribution >= 4 is 14.4 Å². The number of hydrazine groups is 1. The molecule has 2 N–H and O–H groups in total. The van der Waals surface area contributed by atoms with E-state index in [1.165, 1.54) is 0 Å². The Labute approximate surface area is 118 Å². The van der Waals surface area contributed by atoms with Gasteiger partial charge in [-0.15, -0.1) is 0 Å². The number of nitrogens with two attached hydrogens (primary N) is 1. The molecule has 0 fully saturated rings. The van der Waals surface area contributed by atoms with Crippen molar-refractivity contribution in [2.24, 2.45) is 5.84 Å². The van der Waals surface area contributed by atoms with Crippen LogP contribution in [0.5, 0.6) is 0 Å². The Bertz CT molecular complexity index is 312. The summed E-state index contributed by atoms with van der Waals surface area (Å²) in [4.78, 5) is 11.6. The molecule has 0 aliphatic heterocycles. The van der Waals surface area contributed by atoms with E-state index in [0.717, 1.165) is 5.01 Å². The molecule has 0 spiro atoms. The first-order chi connectivity index (χ1) is 8.32. The average Bonchev–Trinajstić information content (AvgIpc) is 2.23. The predicted octanol–water partition coefficient (Wildman–Crippen LogP) is 3.12. The lowest BCUT2D eigenvalue weighted by Gasteiger charge is -2.39. The minimum absolute atomic E-state index is 0.135. The third kappa shape index (κ3) is 5.93. The van der Waals surface area contributed by atoms with Crippen molar-refractivity contribution in [1.82, 2.24) is 5.01 Å². The van der Waals surface area contributed by atoms with Gasteiger partial charge in [0.2, 0.25) is 0 Å². The largest absolute Gasteiger partial charge is 0.440 e. The van der Waals surface area contributed by atoms with Crippen LogP contribution in [-0.2, 0) is 9.16 Å². The van der Waals surface area contributed by atoms with Gasteiger partial charge in [0.05, 0.1) is 6.61 Å². The molecule has 6 heteroatoms. The molecule has 0 rings (SSSR count). The van der Waals surface area contributed by atoms with Crippen LogP contribution in [0, 0.1) is 0 Å². The second-order valence-electron chi connectivity index (χ2n) is 6.96. The Morgan fingerprint density at radius 3 is 2.05 bits per heavy atom. The van der Waals surface area contributed by atoms with Crippen LogP contribution in [0.4, 0.5) is 4.79 Å². The zero-order valence-electron chi connectivity index (χ0n) is 13.7. The van der Waals surface area contributed by atoms with Crippen molar-refractivity contribution < 1.29 is 14.0 Å². The molecule has 0 bridgehead atoms. The molecule has 1 amide bonds. The van der Waals surface area contributed by atoms with Gasteiger partial charge in [-0.3, -0.25) is 0 Å². The number of amides is 1. The van der Waals surface area contributed by atoms with Gasteiger partial charge in [-0.05, 0) is 38.9 Å². The lowest BCUT2D eigenvalue weighted by molar-refractivity contribution is -0.0169. The van der Waals surface area contributed by atoms with Crippen molar-refractivity contribution in [2.75, 3.05) is 13.2 Å². The Morgan fingerprint density at radius 1 is 1.21 bits per heavy atom. The Hall–Kier alpha value is -0.593. The van der Waals surface area contributed by atoms with Crippen LogP contribution >= 0.6 is 0 Å². The van der Waals surface area contributed by atoms with Gasteiger partial charge in [-0.1, -0.05) is 20.8 Å². The van der Waals surface area contributed by atoms with Gasteiger partial charge in [0, 0.05) is 6.54 Å². The lowest BCUT2D eigenvalue weighted by atomic mass is 10.2. The fraction of sp³-hybridized carbons (Fsp3) is 0.923. The average molecular weight is 290 g/mol. The summed E-state index contributed by atoms with van der Waals surface area (Å²) < 4.78 is 11.4. The molecule has 0 aliphatic rings. The quantitative estimate of drug-likeness (QED) is 0.366. The number of carbonyl (C=O) groups is 1. The molecular formula is C13H30N2O3Si. The van der Waals surface area contributed by atoms with Gasteiger partial charge in [0.1, 0.15) is 5.60 Å². The maximum Gasteiger partial charge on any atom is 0.424 e. The van der Waals surface area contributed by atoms with E-state index in [1.807, 2.05) is 13.8 Å². The molecule has 0 saturated carbocycles. The molecule has 0 radical (unpaired) electrons. The van der Waals surface area contributed by atoms with Gasteiger partial charge in [-0.25, -0.2) is 15.6 Å². The van der Waals surface area contributed by atoms with Crippen LogP contribution < -0.4 is 5.84 Å². The monoisotopic (exact) mass is 290 g/mol. The number of hydrogen-bond acceptors (Lipinski definition) is 4. The minimum atomic E-state index is -1.84. The first-order valence-corrected chi connectivity index (χ1v) is 9.62. The zero-order chi connectivity index (χ0) is 15.5. The maximum atomic E-state index is 11.6. The van der Waals surface area contributed by atoms with E-state index in [2.05, 4.69) is 33.9 Å². The molecule has 0 aliphatic carbocycles. The molecule has 0 unspecified atom stereocenters. The molecule has 0 heterocycles. The fourth-order valence-electron chi connectivity index (χ4n) is 1.02. The molecule has 0 aromatic carbocycles. The Morgan fingerprint density at radius 2 is 1.68 bits per heavy atom. The first kappa shape index (κ1) is 18.4. The summed E-state index contributed by atoms with van der Waals surface area (Å²) in [6.45, 7) is 17.1. The smallest absolute Gasteiger partial charge is 0.424 e. The fourth-order valence-corrected chi connectivity index (χ4v) is 2.17. The minimum Gasteiger partial charge on any atom is -0.440 e. The molecule has 0 aromatic rings. The van der Waals surface area contributed by atoms with Crippen molar-refractivity contribution in [2.45, 2.75) is 65.3 Å². The lowest BCUT2D eigenvalue weighted by Crippen LogP contribution is -2.48. The SMILES string of the molecule is CCN(N)C(=O)OC(C)(C)CO[Si](C)(C)C(C)(C)C. The summed E-state index contributed by atoms with van der Waals surface area (Å²) in [5.74, 6) is 5.50. The molecule has 114 valence electrons. The second-order valence-corrected chi connectivity index (χ2v) is 11.8. The summed E-state index contributed by atoms with van der Waals surface area (Å²) in [5, 5.41) is 1.19. The standard InChI is InChI=1S/C13H30N2O3Si/c1-9-15(14)11(16)18-13(5,6)10-17-19(7,8)12(2,3)4/h9-10,14H2,1-8H3. The number of ether oxygens (including phenoxy) is 1. The number of hydrogen-bond donors (Lipinski definition) is 1. The van der Waals surface area contributed by atoms with Gasteiger partial charge in [-0.2, -0.15) is 0 Å². The Kier molecular flexibility index (Phi) is 6.04. The van der Waals surface area contributed by atoms with Gasteiger partial charge in [0.15, 0.2) is 8.32 Å². The van der Waals surface area contributed by atoms with E-state index >= 15 is 0 Å². The highest BCUT2D eigenvalue weighted by Gasteiger charge is 2.39. The highest BCUT2D eigenvalue weighted by Crippen LogP contribution is 2.37. The van der Waals surface area contributed by atoms with Crippen molar-refractivity contribution in [1.29, 1.82) is 0 Å². The van der Waals surface area contributed by atoms with E-state index in [4.69, 9.17) is 15.0 Å². The van der Waals surface area contributed by atoms with Crippen LogP contribution in [0.15, 0.2) is 0 Å². The summed E-state index contributed by atoms with van der Waals surface area (Å²) in [6, 6.07) is 0. The van der Waals surface area contributed by atoms with Crippen LogP contribution in [0.25, 0.3) is 0 Å². The van der Waals surface area contributed by atoms with Gasteiger partial charge in [0.25, 0.3) is 0 Å². The zero-order valence-corrected chi connectivity index (χ0v) is 14.7. The molecule has 5 nitrogen and oxygen atoms in total. The summed E-state index contributed by atoms with van der Waals surface area (Å²) in [7, 11) is -1.84. The summed E-state index contributed by atoms with van der Waals surface area (Å²) >= 11 is 0. The van der Waals surface area contributed by atoms with Gasteiger partial charge < -0.3 is 9.16 Å². The van der Waals surface area contributed by atoms with E-state index in [1.54, 1.807) is 6.92 Å². The van der Waals surface area contributed by atoms with Crippen molar-refractivity contribution in [3.8, 4) is 0 Å². The number of carbonyl (C=O) groups excluding carboxylic acids is 1. The second kappa shape index (κ2) is 6.24. The summed E-state index contributed by atoms with van der Waals surface area (Å²) in [5.41, 5.74) is -0.681. The summed E-state index contributed by atoms with van der Waals surface area (Å²) in [6.07, 6.45) is -0.522. The first-order valence-electron chi connectivity index (χ1n) is 6.71. The highest BCUT2D eigenvalue weighted by atomic mass is 28.4. The molecule has 0 saturated heterocycles. The highest BCUT2D eigenvalue weighted by molar-refractivity contribution is 6.74. The topological polar surface area (TPSA) is 64.8 Å². The number of rotatable bonds is 5. The molecule has 19 heavy (non-hydrogen) atoms. The van der Waals surface area contributed by atoms with Crippen LogP contribution in [0.1, 0.15) is 41.5 Å². The normalized spacial score (nSPS) is 13.3. The molecule has 0 aromatic heterocycles. The number of nitrogens with zero attached hydrogens (tertiary/aromatic N) is 1. The molecule has 0 atom stereocenters. The van der Waals surface area contributed by atoms with E-state index in [0.29, 0.717) is 13.2 Å². The molecular weight excluding hydrogens is 260 g/mol. The van der Waals surface area contributed by atoms with Crippen LogP contribution in [0.3, 0.4) is 0 Å². The Balaban J connectivity index is 4.51. The maximum absolute atomic E-state index is 11.6. The van der Waals surface area contributed by atoms with Crippen molar-refractivity contribution in [3.63, 3.8) is 0 Å². The predicted molar refractivity (Wildman–Crippen MR) is 80.3 cm³/mol. The van der Waals surface area contributed by atoms with Gasteiger partial charge >= 0.3 is 6.09 Å². The van der Waals surface area contributed by atoms with E-state index in [9.17, 15) is 4.79 Å². The van der Waals surface area contributed by atoms with E-state index in [-0.39, 0.29) is 5.04 Å². The van der Waals surface area contributed by atoms with Crippen molar-refractivity contribution in [3.05, 3.63) is 0 Å². The third-order valence-corrected chi connectivity index (χ3v) is 8.00. The van der Waals surface area contributed by atoms with E-state index < -0.39 is 20.0 Å². The van der Waals surface area contributed by atoms with Crippen LogP contribution in [-0.4, -0.2) is 38.2 Å². The van der Waals surface area contributed by atoms with Crippen LogP contribution in [0.2, 0.25) is 18.1 Å².